The molecule has 1 aliphatic heterocycles. The first-order chi connectivity index (χ1) is 11.8. The third kappa shape index (κ3) is 3.19. The lowest BCUT2D eigenvalue weighted by Gasteiger charge is -2.24. The summed E-state index contributed by atoms with van der Waals surface area (Å²) in [4.78, 5) is 30.4. The van der Waals surface area contributed by atoms with E-state index in [1.807, 2.05) is 13.8 Å². The average Bonchev–Trinajstić information content (AvgIpc) is 3.10. The number of carbonyl (C=O) groups excluding carboxylic acids is 2. The van der Waals surface area contributed by atoms with Gasteiger partial charge in [-0.15, -0.1) is 0 Å². The van der Waals surface area contributed by atoms with E-state index >= 15 is 0 Å². The van der Waals surface area contributed by atoms with E-state index in [0.29, 0.717) is 23.7 Å². The molecule has 1 aromatic heterocycles. The second-order valence-electron chi connectivity index (χ2n) is 6.76. The molecule has 0 spiro atoms. The van der Waals surface area contributed by atoms with Crippen molar-refractivity contribution >= 4 is 23.2 Å². The number of rotatable bonds is 3. The standard InChI is InChI=1S/C17H21N5O3/c1-11(22-10-18-9-19-22)15(23)20-12-5-6-14-13(7-12)21(4)16(24)17(2,3)8-25-14/h5-7,9-11H,8H2,1-4H3,(H,20,23). The fourth-order valence-corrected chi connectivity index (χ4v) is 2.65. The van der Waals surface area contributed by atoms with Crippen molar-refractivity contribution in [1.29, 1.82) is 0 Å². The first-order valence-electron chi connectivity index (χ1n) is 7.99. The van der Waals surface area contributed by atoms with E-state index in [2.05, 4.69) is 15.4 Å². The second-order valence-corrected chi connectivity index (χ2v) is 6.76. The SMILES string of the molecule is CC(C(=O)Nc1ccc2c(c1)N(C)C(=O)C(C)(C)CO2)n1cncn1. The maximum absolute atomic E-state index is 12.6. The molecule has 1 aliphatic rings. The summed E-state index contributed by atoms with van der Waals surface area (Å²) < 4.78 is 7.25. The molecule has 2 aromatic rings. The molecular weight excluding hydrogens is 322 g/mol. The first-order valence-corrected chi connectivity index (χ1v) is 7.99. The lowest BCUT2D eigenvalue weighted by atomic mass is 9.93. The van der Waals surface area contributed by atoms with Crippen molar-refractivity contribution in [2.24, 2.45) is 5.41 Å². The molecule has 1 atom stereocenters. The van der Waals surface area contributed by atoms with Crippen molar-refractivity contribution in [1.82, 2.24) is 14.8 Å². The summed E-state index contributed by atoms with van der Waals surface area (Å²) in [7, 11) is 1.71. The monoisotopic (exact) mass is 343 g/mol. The Morgan fingerprint density at radius 3 is 2.84 bits per heavy atom. The minimum atomic E-state index is -0.612. The van der Waals surface area contributed by atoms with Gasteiger partial charge in [-0.25, -0.2) is 9.67 Å². The Morgan fingerprint density at radius 1 is 1.40 bits per heavy atom. The van der Waals surface area contributed by atoms with Gasteiger partial charge in [0.05, 0.1) is 11.1 Å². The number of nitrogens with one attached hydrogen (secondary N) is 1. The van der Waals surface area contributed by atoms with Crippen LogP contribution in [0.3, 0.4) is 0 Å². The third-order valence-corrected chi connectivity index (χ3v) is 4.27. The van der Waals surface area contributed by atoms with E-state index < -0.39 is 11.5 Å². The largest absolute Gasteiger partial charge is 0.490 e. The highest BCUT2D eigenvalue weighted by atomic mass is 16.5. The minimum Gasteiger partial charge on any atom is -0.490 e. The van der Waals surface area contributed by atoms with Gasteiger partial charge in [-0.3, -0.25) is 9.59 Å². The molecule has 132 valence electrons. The molecule has 8 nitrogen and oxygen atoms in total. The van der Waals surface area contributed by atoms with Crippen LogP contribution in [-0.4, -0.2) is 40.2 Å². The fraction of sp³-hybridized carbons (Fsp3) is 0.412. The molecule has 0 radical (unpaired) electrons. The van der Waals surface area contributed by atoms with E-state index in [0.717, 1.165) is 0 Å². The van der Waals surface area contributed by atoms with Crippen LogP contribution >= 0.6 is 0 Å². The van der Waals surface area contributed by atoms with E-state index in [9.17, 15) is 9.59 Å². The maximum atomic E-state index is 12.6. The summed E-state index contributed by atoms with van der Waals surface area (Å²) in [5, 5.41) is 6.81. The smallest absolute Gasteiger partial charge is 0.249 e. The van der Waals surface area contributed by atoms with Crippen molar-refractivity contribution in [3.63, 3.8) is 0 Å². The van der Waals surface area contributed by atoms with Gasteiger partial charge in [0.1, 0.15) is 31.1 Å². The van der Waals surface area contributed by atoms with Crippen LogP contribution in [0, 0.1) is 5.41 Å². The van der Waals surface area contributed by atoms with Crippen molar-refractivity contribution < 1.29 is 14.3 Å². The number of anilines is 2. The van der Waals surface area contributed by atoms with Gasteiger partial charge in [0.2, 0.25) is 11.8 Å². The van der Waals surface area contributed by atoms with Gasteiger partial charge in [-0.05, 0) is 39.0 Å². The second kappa shape index (κ2) is 6.19. The molecule has 0 saturated heterocycles. The molecule has 1 unspecified atom stereocenters. The Bertz CT molecular complexity index is 801. The van der Waals surface area contributed by atoms with Crippen LogP contribution in [0.25, 0.3) is 0 Å². The fourth-order valence-electron chi connectivity index (χ4n) is 2.65. The average molecular weight is 343 g/mol. The van der Waals surface area contributed by atoms with Gasteiger partial charge >= 0.3 is 0 Å². The van der Waals surface area contributed by atoms with Gasteiger partial charge < -0.3 is 15.0 Å². The maximum Gasteiger partial charge on any atom is 0.249 e. The number of ether oxygens (including phenoxy) is 1. The summed E-state index contributed by atoms with van der Waals surface area (Å²) >= 11 is 0. The number of aromatic nitrogens is 3. The Kier molecular flexibility index (Phi) is 4.20. The zero-order valence-corrected chi connectivity index (χ0v) is 14.7. The van der Waals surface area contributed by atoms with Crippen molar-refractivity contribution in [3.05, 3.63) is 30.9 Å². The van der Waals surface area contributed by atoms with Crippen LogP contribution in [0.2, 0.25) is 0 Å². The number of hydrogen-bond acceptors (Lipinski definition) is 5. The van der Waals surface area contributed by atoms with Gasteiger partial charge in [0.25, 0.3) is 0 Å². The predicted molar refractivity (Wildman–Crippen MR) is 92.5 cm³/mol. The summed E-state index contributed by atoms with van der Waals surface area (Å²) in [6.45, 7) is 5.73. The van der Waals surface area contributed by atoms with Gasteiger partial charge in [0, 0.05) is 12.7 Å². The summed E-state index contributed by atoms with van der Waals surface area (Å²) in [5.74, 6) is 0.351. The van der Waals surface area contributed by atoms with Crippen LogP contribution in [0.1, 0.15) is 26.8 Å². The third-order valence-electron chi connectivity index (χ3n) is 4.27. The van der Waals surface area contributed by atoms with E-state index in [4.69, 9.17) is 4.74 Å². The Balaban J connectivity index is 1.83. The molecule has 0 bridgehead atoms. The van der Waals surface area contributed by atoms with Gasteiger partial charge in [0.15, 0.2) is 0 Å². The normalized spacial score (nSPS) is 17.3. The zero-order valence-electron chi connectivity index (χ0n) is 14.7. The molecule has 1 aromatic carbocycles. The quantitative estimate of drug-likeness (QED) is 0.919. The highest BCUT2D eigenvalue weighted by Gasteiger charge is 2.36. The molecule has 1 N–H and O–H groups in total. The van der Waals surface area contributed by atoms with E-state index in [-0.39, 0.29) is 11.8 Å². The summed E-state index contributed by atoms with van der Waals surface area (Å²) in [5.41, 5.74) is 0.596. The molecule has 0 aliphatic carbocycles. The number of nitrogens with zero attached hydrogens (tertiary/aromatic N) is 4. The van der Waals surface area contributed by atoms with Crippen LogP contribution in [0.4, 0.5) is 11.4 Å². The number of hydrogen-bond donors (Lipinski definition) is 1. The number of carbonyl (C=O) groups is 2. The van der Waals surface area contributed by atoms with Crippen molar-refractivity contribution in [3.8, 4) is 5.75 Å². The molecule has 2 heterocycles. The molecular formula is C17H21N5O3. The zero-order chi connectivity index (χ0) is 18.2. The first kappa shape index (κ1) is 16.9. The van der Waals surface area contributed by atoms with E-state index in [1.54, 1.807) is 37.1 Å². The van der Waals surface area contributed by atoms with Crippen molar-refractivity contribution in [2.45, 2.75) is 26.8 Å². The molecule has 0 fully saturated rings. The molecule has 0 saturated carbocycles. The number of benzene rings is 1. The Morgan fingerprint density at radius 2 is 2.16 bits per heavy atom. The van der Waals surface area contributed by atoms with Crippen LogP contribution in [0.5, 0.6) is 5.75 Å². The number of fused-ring (bicyclic) bond motifs is 1. The molecule has 3 rings (SSSR count). The van der Waals surface area contributed by atoms with Crippen LogP contribution < -0.4 is 15.0 Å². The minimum absolute atomic E-state index is 0.0364. The Labute approximate surface area is 145 Å². The highest BCUT2D eigenvalue weighted by Crippen LogP contribution is 2.37. The summed E-state index contributed by atoms with van der Waals surface area (Å²) in [6.07, 6.45) is 2.87. The predicted octanol–water partition coefficient (Wildman–Crippen LogP) is 1.86. The highest BCUT2D eigenvalue weighted by molar-refractivity contribution is 6.00. The molecule has 8 heteroatoms. The Hall–Kier alpha value is -2.90. The summed E-state index contributed by atoms with van der Waals surface area (Å²) in [6, 6.07) is 4.74. The molecule has 25 heavy (non-hydrogen) atoms. The van der Waals surface area contributed by atoms with Crippen LogP contribution in [-0.2, 0) is 9.59 Å². The van der Waals surface area contributed by atoms with Crippen LogP contribution in [0.15, 0.2) is 30.9 Å². The number of amides is 2. The van der Waals surface area contributed by atoms with Gasteiger partial charge in [-0.2, -0.15) is 5.10 Å². The topological polar surface area (TPSA) is 89.4 Å². The van der Waals surface area contributed by atoms with Crippen molar-refractivity contribution in [2.75, 3.05) is 23.9 Å². The lowest BCUT2D eigenvalue weighted by molar-refractivity contribution is -0.127. The van der Waals surface area contributed by atoms with Gasteiger partial charge in [-0.1, -0.05) is 0 Å². The van der Waals surface area contributed by atoms with E-state index in [1.165, 1.54) is 17.3 Å². The molecule has 2 amide bonds. The lowest BCUT2D eigenvalue weighted by Crippen LogP contribution is -2.39.